The van der Waals surface area contributed by atoms with E-state index in [2.05, 4.69) is 23.0 Å². The largest absolute Gasteiger partial charge is 0.497 e. The number of ether oxygens (including phenoxy) is 4. The van der Waals surface area contributed by atoms with Gasteiger partial charge in [0.15, 0.2) is 17.3 Å². The molecule has 2 aromatic rings. The molecule has 2 aromatic carbocycles. The number of fused-ring (bicyclic) bond motifs is 2. The first-order valence-electron chi connectivity index (χ1n) is 9.22. The standard InChI is InChI=1S/C21H22BrNO5/c1-23-8-7-14-17(19(26-3)21-20(18(14)22)27-11-28-21)15(23)10-16(24)12-5-4-6-13(9-12)25-2/h4-6,9,15H,7-8,10-11H2,1-3H3/p+1. The first-order valence-corrected chi connectivity index (χ1v) is 10.0. The van der Waals surface area contributed by atoms with Crippen LogP contribution in [0.25, 0.3) is 0 Å². The molecule has 7 heteroatoms. The van der Waals surface area contributed by atoms with E-state index in [-0.39, 0.29) is 18.6 Å². The molecule has 2 unspecified atom stereocenters. The molecule has 28 heavy (non-hydrogen) atoms. The summed E-state index contributed by atoms with van der Waals surface area (Å²) in [6.45, 7) is 1.09. The van der Waals surface area contributed by atoms with E-state index >= 15 is 0 Å². The second kappa shape index (κ2) is 7.64. The number of halogens is 1. The average molecular weight is 449 g/mol. The minimum absolute atomic E-state index is 0.0387. The third-order valence-corrected chi connectivity index (χ3v) is 6.39. The number of carbonyl (C=O) groups is 1. The van der Waals surface area contributed by atoms with Gasteiger partial charge < -0.3 is 23.8 Å². The van der Waals surface area contributed by atoms with Gasteiger partial charge >= 0.3 is 0 Å². The topological polar surface area (TPSA) is 58.4 Å². The molecule has 0 radical (unpaired) electrons. The van der Waals surface area contributed by atoms with Crippen molar-refractivity contribution in [2.75, 3.05) is 34.6 Å². The zero-order chi connectivity index (χ0) is 19.8. The summed E-state index contributed by atoms with van der Waals surface area (Å²) >= 11 is 3.69. The zero-order valence-corrected chi connectivity index (χ0v) is 17.7. The van der Waals surface area contributed by atoms with Crippen molar-refractivity contribution in [3.8, 4) is 23.0 Å². The zero-order valence-electron chi connectivity index (χ0n) is 16.1. The molecular weight excluding hydrogens is 426 g/mol. The van der Waals surface area contributed by atoms with Crippen molar-refractivity contribution < 1.29 is 28.6 Å². The average Bonchev–Trinajstić information content (AvgIpc) is 3.20. The van der Waals surface area contributed by atoms with E-state index < -0.39 is 0 Å². The van der Waals surface area contributed by atoms with Gasteiger partial charge in [0.1, 0.15) is 11.8 Å². The SMILES string of the molecule is COc1cccc(C(=O)CC2c3c(c(Br)c4c(c3OC)OCO4)CC[NH+]2C)c1. The van der Waals surface area contributed by atoms with Crippen LogP contribution >= 0.6 is 15.9 Å². The second-order valence-corrected chi connectivity index (χ2v) is 7.86. The Kier molecular flexibility index (Phi) is 5.21. The summed E-state index contributed by atoms with van der Waals surface area (Å²) in [5, 5.41) is 0. The fourth-order valence-electron chi connectivity index (χ4n) is 4.06. The number of Topliss-reactive ketones (excluding diaryl/α,β-unsaturated/α-hetero) is 1. The van der Waals surface area contributed by atoms with E-state index in [1.165, 1.54) is 4.90 Å². The molecule has 1 N–H and O–H groups in total. The number of hydrogen-bond donors (Lipinski definition) is 1. The van der Waals surface area contributed by atoms with Crippen molar-refractivity contribution in [2.45, 2.75) is 18.9 Å². The van der Waals surface area contributed by atoms with E-state index in [0.717, 1.165) is 28.6 Å². The van der Waals surface area contributed by atoms with Crippen LogP contribution in [-0.2, 0) is 6.42 Å². The predicted octanol–water partition coefficient (Wildman–Crippen LogP) is 2.58. The third kappa shape index (κ3) is 3.12. The van der Waals surface area contributed by atoms with E-state index in [4.69, 9.17) is 18.9 Å². The minimum Gasteiger partial charge on any atom is -0.497 e. The quantitative estimate of drug-likeness (QED) is 0.712. The Hall–Kier alpha value is -2.25. The highest BCUT2D eigenvalue weighted by molar-refractivity contribution is 9.10. The van der Waals surface area contributed by atoms with Crippen LogP contribution in [0, 0.1) is 0 Å². The number of nitrogens with one attached hydrogen (secondary N) is 1. The maximum atomic E-state index is 13.1. The fraction of sp³-hybridized carbons (Fsp3) is 0.381. The Morgan fingerprint density at radius 3 is 2.79 bits per heavy atom. The molecule has 2 heterocycles. The fourth-order valence-corrected chi connectivity index (χ4v) is 4.77. The summed E-state index contributed by atoms with van der Waals surface area (Å²) in [6.07, 6.45) is 1.24. The summed E-state index contributed by atoms with van der Waals surface area (Å²) in [7, 11) is 5.35. The van der Waals surface area contributed by atoms with Gasteiger partial charge in [0.2, 0.25) is 12.5 Å². The molecule has 0 spiro atoms. The third-order valence-electron chi connectivity index (χ3n) is 5.55. The summed E-state index contributed by atoms with van der Waals surface area (Å²) in [5.74, 6) is 2.73. The summed E-state index contributed by atoms with van der Waals surface area (Å²) < 4.78 is 23.2. The highest BCUT2D eigenvalue weighted by atomic mass is 79.9. The van der Waals surface area contributed by atoms with E-state index in [0.29, 0.717) is 35.0 Å². The van der Waals surface area contributed by atoms with Crippen LogP contribution in [0.15, 0.2) is 28.7 Å². The number of methoxy groups -OCH3 is 2. The number of rotatable bonds is 5. The Bertz CT molecular complexity index is 929. The molecule has 2 atom stereocenters. The maximum Gasteiger partial charge on any atom is 0.231 e. The molecule has 2 aliphatic rings. The molecule has 148 valence electrons. The lowest BCUT2D eigenvalue weighted by Gasteiger charge is -2.33. The van der Waals surface area contributed by atoms with E-state index in [9.17, 15) is 4.79 Å². The predicted molar refractivity (Wildman–Crippen MR) is 107 cm³/mol. The minimum atomic E-state index is -0.0387. The summed E-state index contributed by atoms with van der Waals surface area (Å²) in [4.78, 5) is 14.3. The van der Waals surface area contributed by atoms with E-state index in [1.807, 2.05) is 18.2 Å². The van der Waals surface area contributed by atoms with Crippen LogP contribution in [-0.4, -0.2) is 40.4 Å². The van der Waals surface area contributed by atoms with Crippen molar-refractivity contribution in [1.82, 2.24) is 0 Å². The van der Waals surface area contributed by atoms with Crippen molar-refractivity contribution in [3.05, 3.63) is 45.4 Å². The molecule has 2 aliphatic heterocycles. The smallest absolute Gasteiger partial charge is 0.231 e. The molecule has 4 rings (SSSR count). The van der Waals surface area contributed by atoms with Gasteiger partial charge in [-0.25, -0.2) is 0 Å². The van der Waals surface area contributed by atoms with Gasteiger partial charge in [0.25, 0.3) is 0 Å². The van der Waals surface area contributed by atoms with Gasteiger partial charge in [-0.05, 0) is 33.6 Å². The molecular formula is C21H23BrNO5+. The molecule has 0 fully saturated rings. The Morgan fingerprint density at radius 1 is 1.25 bits per heavy atom. The van der Waals surface area contributed by atoms with Crippen LogP contribution in [0.3, 0.4) is 0 Å². The summed E-state index contributed by atoms with van der Waals surface area (Å²) in [6, 6.07) is 7.26. The molecule has 0 bridgehead atoms. The van der Waals surface area contributed by atoms with Crippen LogP contribution in [0.2, 0.25) is 0 Å². The van der Waals surface area contributed by atoms with Crippen molar-refractivity contribution in [3.63, 3.8) is 0 Å². The number of quaternary nitrogens is 1. The molecule has 0 saturated heterocycles. The van der Waals surface area contributed by atoms with Gasteiger partial charge in [0, 0.05) is 12.0 Å². The molecule has 0 aromatic heterocycles. The van der Waals surface area contributed by atoms with Gasteiger partial charge in [-0.3, -0.25) is 4.79 Å². The first-order chi connectivity index (χ1) is 13.5. The maximum absolute atomic E-state index is 13.1. The van der Waals surface area contributed by atoms with Gasteiger partial charge in [-0.2, -0.15) is 0 Å². The van der Waals surface area contributed by atoms with E-state index in [1.54, 1.807) is 20.3 Å². The van der Waals surface area contributed by atoms with Crippen LogP contribution in [0.5, 0.6) is 23.0 Å². The van der Waals surface area contributed by atoms with Gasteiger partial charge in [-0.1, -0.05) is 12.1 Å². The Morgan fingerprint density at radius 2 is 2.04 bits per heavy atom. The lowest BCUT2D eigenvalue weighted by molar-refractivity contribution is -0.913. The highest BCUT2D eigenvalue weighted by Crippen LogP contribution is 2.52. The molecule has 0 amide bonds. The van der Waals surface area contributed by atoms with Crippen molar-refractivity contribution in [1.29, 1.82) is 0 Å². The number of likely N-dealkylation sites (N-methyl/N-ethyl adjacent to an activating group) is 1. The van der Waals surface area contributed by atoms with Crippen LogP contribution in [0.1, 0.15) is 33.9 Å². The normalized spacial score (nSPS) is 19.9. The number of carbonyl (C=O) groups excluding carboxylic acids is 1. The summed E-state index contributed by atoms with van der Waals surface area (Å²) in [5.41, 5.74) is 2.81. The Balaban J connectivity index is 1.75. The first kappa shape index (κ1) is 19.1. The van der Waals surface area contributed by atoms with Crippen molar-refractivity contribution >= 4 is 21.7 Å². The Labute approximate surface area is 172 Å². The monoisotopic (exact) mass is 448 g/mol. The second-order valence-electron chi connectivity index (χ2n) is 7.06. The molecule has 0 saturated carbocycles. The number of benzene rings is 2. The van der Waals surface area contributed by atoms with Crippen molar-refractivity contribution in [2.24, 2.45) is 0 Å². The number of hydrogen-bond acceptors (Lipinski definition) is 5. The number of ketones is 1. The lowest BCUT2D eigenvalue weighted by Crippen LogP contribution is -3.10. The highest BCUT2D eigenvalue weighted by Gasteiger charge is 2.39. The molecule has 0 aliphatic carbocycles. The van der Waals surface area contributed by atoms with Gasteiger partial charge in [-0.15, -0.1) is 0 Å². The lowest BCUT2D eigenvalue weighted by atomic mass is 9.87. The van der Waals surface area contributed by atoms with Crippen LogP contribution in [0.4, 0.5) is 0 Å². The van der Waals surface area contributed by atoms with Crippen LogP contribution < -0.4 is 23.8 Å². The molecule has 6 nitrogen and oxygen atoms in total. The van der Waals surface area contributed by atoms with Gasteiger partial charge in [0.05, 0.1) is 44.3 Å².